The van der Waals surface area contributed by atoms with Crippen LogP contribution in [0.15, 0.2) is 30.3 Å². The summed E-state index contributed by atoms with van der Waals surface area (Å²) in [5, 5.41) is 4.74. The van der Waals surface area contributed by atoms with Crippen LogP contribution in [0.3, 0.4) is 0 Å². The molecule has 7 nitrogen and oxygen atoms in total. The summed E-state index contributed by atoms with van der Waals surface area (Å²) >= 11 is 12.0. The second-order valence-electron chi connectivity index (χ2n) is 8.66. The predicted molar refractivity (Wildman–Crippen MR) is 137 cm³/mol. The molecular weight excluding hydrogens is 475 g/mol. The van der Waals surface area contributed by atoms with Crippen molar-refractivity contribution < 1.29 is 14.3 Å². The monoisotopic (exact) mass is 502 g/mol. The lowest BCUT2D eigenvalue weighted by Gasteiger charge is -2.33. The molecule has 9 heteroatoms. The highest BCUT2D eigenvalue weighted by Gasteiger charge is 2.28. The van der Waals surface area contributed by atoms with Crippen molar-refractivity contribution in [3.05, 3.63) is 46.2 Å². The first-order chi connectivity index (χ1) is 16.3. The molecule has 1 N–H and O–H groups in total. The fourth-order valence-electron chi connectivity index (χ4n) is 4.13. The Balaban J connectivity index is 1.56. The summed E-state index contributed by atoms with van der Waals surface area (Å²) in [7, 11) is 3.23. The van der Waals surface area contributed by atoms with Gasteiger partial charge in [-0.2, -0.15) is 0 Å². The largest absolute Gasteiger partial charge is 0.493 e. The maximum Gasteiger partial charge on any atom is 0.227 e. The molecule has 4 rings (SSSR count). The summed E-state index contributed by atoms with van der Waals surface area (Å²) in [6.07, 6.45) is 1.42. The Morgan fingerprint density at radius 3 is 2.32 bits per heavy atom. The number of amides is 1. The fraction of sp³-hybridized carbons (Fsp3) is 0.400. The third kappa shape index (κ3) is 5.00. The average Bonchev–Trinajstić information content (AvgIpc) is 2.84. The molecule has 1 aromatic heterocycles. The van der Waals surface area contributed by atoms with Crippen LogP contribution >= 0.6 is 23.2 Å². The van der Waals surface area contributed by atoms with Gasteiger partial charge in [-0.05, 0) is 37.1 Å². The quantitative estimate of drug-likeness (QED) is 0.449. The van der Waals surface area contributed by atoms with Crippen LogP contribution in [-0.2, 0) is 4.79 Å². The Morgan fingerprint density at radius 1 is 1.03 bits per heavy atom. The predicted octanol–water partition coefficient (Wildman–Crippen LogP) is 5.93. The first kappa shape index (κ1) is 24.4. The Kier molecular flexibility index (Phi) is 7.33. The van der Waals surface area contributed by atoms with Gasteiger partial charge in [-0.25, -0.2) is 9.97 Å². The minimum atomic E-state index is -0.0991. The lowest BCUT2D eigenvalue weighted by Crippen LogP contribution is -2.38. The number of rotatable bonds is 6. The van der Waals surface area contributed by atoms with Crippen molar-refractivity contribution in [3.63, 3.8) is 0 Å². The highest BCUT2D eigenvalue weighted by molar-refractivity contribution is 6.42. The number of nitrogens with one attached hydrogen (secondary N) is 1. The molecule has 0 atom stereocenters. The summed E-state index contributed by atoms with van der Waals surface area (Å²) in [5.74, 6) is 2.95. The number of hydrogen-bond donors (Lipinski definition) is 1. The molecule has 0 saturated carbocycles. The van der Waals surface area contributed by atoms with E-state index in [9.17, 15) is 4.79 Å². The van der Waals surface area contributed by atoms with Gasteiger partial charge in [0.15, 0.2) is 11.5 Å². The number of ether oxygens (including phenoxy) is 2. The maximum atomic E-state index is 12.9. The zero-order chi connectivity index (χ0) is 24.4. The van der Waals surface area contributed by atoms with E-state index in [1.54, 1.807) is 32.4 Å². The zero-order valence-electron chi connectivity index (χ0n) is 19.7. The molecule has 0 radical (unpaired) electrons. The molecule has 2 aromatic carbocycles. The van der Waals surface area contributed by atoms with Gasteiger partial charge >= 0.3 is 0 Å². The second kappa shape index (κ2) is 10.2. The molecule has 1 amide bonds. The average molecular weight is 503 g/mol. The van der Waals surface area contributed by atoms with Crippen molar-refractivity contribution in [2.45, 2.75) is 32.6 Å². The molecule has 3 aromatic rings. The van der Waals surface area contributed by atoms with Gasteiger partial charge in [0.1, 0.15) is 11.6 Å². The van der Waals surface area contributed by atoms with Gasteiger partial charge in [0.25, 0.3) is 0 Å². The molecule has 2 heterocycles. The Bertz CT molecular complexity index is 1210. The third-order valence-corrected chi connectivity index (χ3v) is 6.81. The van der Waals surface area contributed by atoms with E-state index in [2.05, 4.69) is 24.1 Å². The van der Waals surface area contributed by atoms with Crippen LogP contribution in [-0.4, -0.2) is 43.2 Å². The van der Waals surface area contributed by atoms with Gasteiger partial charge in [0.2, 0.25) is 5.91 Å². The molecule has 180 valence electrons. The highest BCUT2D eigenvalue weighted by Crippen LogP contribution is 2.37. The van der Waals surface area contributed by atoms with E-state index in [4.69, 9.17) is 42.6 Å². The van der Waals surface area contributed by atoms with Crippen molar-refractivity contribution in [3.8, 4) is 11.5 Å². The number of aromatic nitrogens is 2. The second-order valence-corrected chi connectivity index (χ2v) is 9.48. The van der Waals surface area contributed by atoms with Crippen molar-refractivity contribution in [2.24, 2.45) is 5.92 Å². The minimum absolute atomic E-state index is 0.0140. The number of hydrogen-bond acceptors (Lipinski definition) is 6. The number of nitrogens with zero attached hydrogens (tertiary/aromatic N) is 3. The van der Waals surface area contributed by atoms with Gasteiger partial charge in [-0.1, -0.05) is 37.0 Å². The van der Waals surface area contributed by atoms with Crippen LogP contribution < -0.4 is 19.7 Å². The maximum absolute atomic E-state index is 12.9. The topological polar surface area (TPSA) is 76.6 Å². The lowest BCUT2D eigenvalue weighted by molar-refractivity contribution is -0.120. The van der Waals surface area contributed by atoms with Gasteiger partial charge < -0.3 is 19.7 Å². The number of methoxy groups -OCH3 is 2. The number of anilines is 2. The van der Waals surface area contributed by atoms with Crippen LogP contribution in [0.5, 0.6) is 11.5 Å². The minimum Gasteiger partial charge on any atom is -0.493 e. The van der Waals surface area contributed by atoms with Crippen molar-refractivity contribution in [1.82, 2.24) is 9.97 Å². The lowest BCUT2D eigenvalue weighted by atomic mass is 9.95. The molecular formula is C25H28Cl2N4O3. The summed E-state index contributed by atoms with van der Waals surface area (Å²) in [6, 6.07) is 8.92. The number of halogens is 2. The standard InChI is InChI=1S/C25H28Cl2N4O3/c1-14(2)23-29-20-13-22(34-4)21(33-3)12-17(20)24(30-23)31-9-7-15(8-10-31)25(32)28-16-5-6-18(26)19(27)11-16/h5-6,11-15H,7-10H2,1-4H3,(H,28,32). The molecule has 0 aliphatic carbocycles. The van der Waals surface area contributed by atoms with Crippen LogP contribution in [0.25, 0.3) is 10.9 Å². The van der Waals surface area contributed by atoms with E-state index >= 15 is 0 Å². The number of carbonyl (C=O) groups excluding carboxylic acids is 1. The fourth-order valence-corrected chi connectivity index (χ4v) is 4.43. The normalized spacial score (nSPS) is 14.5. The molecule has 34 heavy (non-hydrogen) atoms. The number of piperidine rings is 1. The Morgan fingerprint density at radius 2 is 1.71 bits per heavy atom. The van der Waals surface area contributed by atoms with E-state index in [-0.39, 0.29) is 17.7 Å². The highest BCUT2D eigenvalue weighted by atomic mass is 35.5. The first-order valence-electron chi connectivity index (χ1n) is 11.2. The van der Waals surface area contributed by atoms with E-state index in [1.165, 1.54) is 0 Å². The van der Waals surface area contributed by atoms with Crippen molar-refractivity contribution in [2.75, 3.05) is 37.5 Å². The van der Waals surface area contributed by atoms with Crippen molar-refractivity contribution >= 4 is 51.5 Å². The molecule has 0 bridgehead atoms. The van der Waals surface area contributed by atoms with Gasteiger partial charge in [-0.15, -0.1) is 0 Å². The SMILES string of the molecule is COc1cc2nc(C(C)C)nc(N3CCC(C(=O)Nc4ccc(Cl)c(Cl)c4)CC3)c2cc1OC. The van der Waals surface area contributed by atoms with E-state index < -0.39 is 0 Å². The van der Waals surface area contributed by atoms with E-state index in [0.29, 0.717) is 53.2 Å². The van der Waals surface area contributed by atoms with Crippen molar-refractivity contribution in [1.29, 1.82) is 0 Å². The molecule has 1 fully saturated rings. The number of benzene rings is 2. The van der Waals surface area contributed by atoms with Gasteiger partial charge in [0.05, 0.1) is 29.8 Å². The van der Waals surface area contributed by atoms with Crippen LogP contribution in [0.2, 0.25) is 10.0 Å². The Hall–Kier alpha value is -2.77. The Labute approximate surface area is 209 Å². The van der Waals surface area contributed by atoms with E-state index in [1.807, 2.05) is 12.1 Å². The number of fused-ring (bicyclic) bond motifs is 1. The summed E-state index contributed by atoms with van der Waals surface area (Å²) in [4.78, 5) is 24.7. The molecule has 0 spiro atoms. The van der Waals surface area contributed by atoms with Crippen LogP contribution in [0, 0.1) is 5.92 Å². The summed E-state index contributed by atoms with van der Waals surface area (Å²) in [5.41, 5.74) is 1.46. The first-order valence-corrected chi connectivity index (χ1v) is 12.0. The van der Waals surface area contributed by atoms with Gasteiger partial charge in [-0.3, -0.25) is 4.79 Å². The third-order valence-electron chi connectivity index (χ3n) is 6.07. The van der Waals surface area contributed by atoms with E-state index in [0.717, 1.165) is 22.5 Å². The summed E-state index contributed by atoms with van der Waals surface area (Å²) in [6.45, 7) is 5.56. The van der Waals surface area contributed by atoms with Gasteiger partial charge in [0, 0.05) is 42.1 Å². The number of carbonyl (C=O) groups is 1. The summed E-state index contributed by atoms with van der Waals surface area (Å²) < 4.78 is 11.0. The molecule has 1 aliphatic heterocycles. The molecule has 0 unspecified atom stereocenters. The zero-order valence-corrected chi connectivity index (χ0v) is 21.2. The molecule has 1 saturated heterocycles. The van der Waals surface area contributed by atoms with Crippen LogP contribution in [0.4, 0.5) is 11.5 Å². The van der Waals surface area contributed by atoms with Crippen LogP contribution in [0.1, 0.15) is 38.4 Å². The smallest absolute Gasteiger partial charge is 0.227 e. The molecule has 1 aliphatic rings.